The van der Waals surface area contributed by atoms with Gasteiger partial charge in [-0.2, -0.15) is 0 Å². The van der Waals surface area contributed by atoms with E-state index in [4.69, 9.17) is 24.2 Å². The molecule has 12 heteroatoms. The largest absolute Gasteiger partial charge is 0.444 e. The van der Waals surface area contributed by atoms with Crippen molar-refractivity contribution in [1.29, 1.82) is 0 Å². The van der Waals surface area contributed by atoms with Crippen LogP contribution in [0.25, 0.3) is 33.5 Å². The van der Waals surface area contributed by atoms with Crippen molar-refractivity contribution < 1.29 is 23.8 Å². The number of carbonyl (C=O) groups is 2. The number of hydrogen-bond acceptors (Lipinski definition) is 8. The summed E-state index contributed by atoms with van der Waals surface area (Å²) in [5.74, 6) is 0.377. The molecule has 0 saturated heterocycles. The molecule has 0 aliphatic carbocycles. The number of nitrogens with one attached hydrogen (secondary N) is 2. The number of aryl methyl sites for hydroxylation is 1. The highest BCUT2D eigenvalue weighted by Gasteiger charge is 2.26. The zero-order valence-corrected chi connectivity index (χ0v) is 25.9. The zero-order chi connectivity index (χ0) is 30.8. The number of pyridine rings is 2. The van der Waals surface area contributed by atoms with Crippen LogP contribution in [0.4, 0.5) is 15.4 Å². The van der Waals surface area contributed by atoms with Gasteiger partial charge in [-0.05, 0) is 72.6 Å². The summed E-state index contributed by atoms with van der Waals surface area (Å²) in [6.07, 6.45) is 2.00. The third-order valence-corrected chi connectivity index (χ3v) is 6.34. The Bertz CT molecular complexity index is 1580. The fraction of sp³-hybridized carbons (Fsp3) is 0.500. The first kappa shape index (κ1) is 30.8. The van der Waals surface area contributed by atoms with Crippen LogP contribution in [0.1, 0.15) is 66.1 Å². The molecule has 2 N–H and O–H groups in total. The molecule has 0 saturated carbocycles. The predicted molar refractivity (Wildman–Crippen MR) is 161 cm³/mol. The molecule has 226 valence electrons. The number of ether oxygens (including phenoxy) is 3. The molecule has 12 nitrogen and oxygen atoms in total. The number of anilines is 1. The molecule has 0 spiro atoms. The SMILES string of the molecule is COCCC[C@H](NC(=O)OC(C)(C)C)c1cccc(-c2cc3c(nc(N(C)C(=O)OC(C)(C)C)c4ncn(C)c43)[nH]2)n1. The lowest BCUT2D eigenvalue weighted by Gasteiger charge is -2.24. The standard InChI is InChI=1S/C30H41N7O5/c1-29(2,3)41-27(38)34-20(14-11-15-40-9)19-12-10-13-21(32-19)22-16-18-24-23(31-17-36(24)7)26(35-25(18)33-22)37(8)28(39)42-30(4,5)6/h10,12-13,16-17,20H,11,14-15H2,1-9H3,(H,33,35)(H,34,38)/t20-/m0/s1. The van der Waals surface area contributed by atoms with Gasteiger partial charge in [-0.15, -0.1) is 0 Å². The summed E-state index contributed by atoms with van der Waals surface area (Å²) < 4.78 is 18.2. The highest BCUT2D eigenvalue weighted by molar-refractivity contribution is 6.09. The maximum atomic E-state index is 12.9. The maximum absolute atomic E-state index is 12.9. The van der Waals surface area contributed by atoms with E-state index in [2.05, 4.69) is 15.3 Å². The van der Waals surface area contributed by atoms with E-state index in [9.17, 15) is 9.59 Å². The molecule has 4 aromatic heterocycles. The van der Waals surface area contributed by atoms with E-state index in [-0.39, 0.29) is 6.04 Å². The van der Waals surface area contributed by atoms with E-state index < -0.39 is 23.4 Å². The average molecular weight is 580 g/mol. The molecule has 4 aromatic rings. The Morgan fingerprint density at radius 3 is 2.48 bits per heavy atom. The van der Waals surface area contributed by atoms with Crippen molar-refractivity contribution in [1.82, 2.24) is 29.8 Å². The second kappa shape index (κ2) is 12.0. The minimum absolute atomic E-state index is 0.377. The van der Waals surface area contributed by atoms with Gasteiger partial charge in [-0.3, -0.25) is 4.90 Å². The van der Waals surface area contributed by atoms with Crippen LogP contribution in [0.5, 0.6) is 0 Å². The van der Waals surface area contributed by atoms with Crippen molar-refractivity contribution in [2.75, 3.05) is 25.7 Å². The van der Waals surface area contributed by atoms with Crippen LogP contribution in [0.3, 0.4) is 0 Å². The molecular formula is C30H41N7O5. The third kappa shape index (κ3) is 7.17. The number of aromatic amines is 1. The normalized spacial score (nSPS) is 12.9. The zero-order valence-electron chi connectivity index (χ0n) is 25.9. The number of nitrogens with zero attached hydrogens (tertiary/aromatic N) is 5. The minimum Gasteiger partial charge on any atom is -0.444 e. The molecule has 0 aliphatic rings. The Balaban J connectivity index is 1.72. The lowest BCUT2D eigenvalue weighted by atomic mass is 10.1. The monoisotopic (exact) mass is 579 g/mol. The van der Waals surface area contributed by atoms with Crippen molar-refractivity contribution in [2.45, 2.75) is 71.6 Å². The van der Waals surface area contributed by atoms with E-state index in [1.165, 1.54) is 4.90 Å². The van der Waals surface area contributed by atoms with Crippen molar-refractivity contribution in [3.8, 4) is 11.4 Å². The molecule has 0 aliphatic heterocycles. The number of carbonyl (C=O) groups excluding carboxylic acids is 2. The van der Waals surface area contributed by atoms with E-state index in [1.54, 1.807) is 20.5 Å². The number of methoxy groups -OCH3 is 1. The molecule has 2 amide bonds. The van der Waals surface area contributed by atoms with Gasteiger partial charge >= 0.3 is 12.2 Å². The Kier molecular flexibility index (Phi) is 8.76. The molecule has 4 heterocycles. The molecule has 0 unspecified atom stereocenters. The number of alkyl carbamates (subject to hydrolysis) is 1. The summed E-state index contributed by atoms with van der Waals surface area (Å²) >= 11 is 0. The summed E-state index contributed by atoms with van der Waals surface area (Å²) in [7, 11) is 5.16. The molecular weight excluding hydrogens is 538 g/mol. The summed E-state index contributed by atoms with van der Waals surface area (Å²) in [5, 5.41) is 3.80. The van der Waals surface area contributed by atoms with E-state index in [0.29, 0.717) is 41.4 Å². The van der Waals surface area contributed by atoms with Gasteiger partial charge in [0, 0.05) is 33.2 Å². The van der Waals surface area contributed by atoms with Crippen LogP contribution in [0.2, 0.25) is 0 Å². The first-order chi connectivity index (χ1) is 19.7. The quantitative estimate of drug-likeness (QED) is 0.247. The van der Waals surface area contributed by atoms with Crippen molar-refractivity contribution in [2.24, 2.45) is 7.05 Å². The first-order valence-corrected chi connectivity index (χ1v) is 13.9. The van der Waals surface area contributed by atoms with Crippen molar-refractivity contribution >= 4 is 40.1 Å². The Morgan fingerprint density at radius 2 is 1.81 bits per heavy atom. The van der Waals surface area contributed by atoms with E-state index in [1.807, 2.05) is 77.4 Å². The minimum atomic E-state index is -0.658. The number of hydrogen-bond donors (Lipinski definition) is 2. The topological polar surface area (TPSA) is 136 Å². The lowest BCUT2D eigenvalue weighted by Crippen LogP contribution is -2.35. The third-order valence-electron chi connectivity index (χ3n) is 6.34. The van der Waals surface area contributed by atoms with E-state index in [0.717, 1.165) is 23.0 Å². The second-order valence-electron chi connectivity index (χ2n) is 12.3. The smallest absolute Gasteiger partial charge is 0.415 e. The summed E-state index contributed by atoms with van der Waals surface area (Å²) in [4.78, 5) is 44.5. The first-order valence-electron chi connectivity index (χ1n) is 13.9. The second-order valence-corrected chi connectivity index (χ2v) is 12.3. The number of rotatable bonds is 8. The lowest BCUT2D eigenvalue weighted by molar-refractivity contribution is 0.0495. The van der Waals surface area contributed by atoms with Gasteiger partial charge in [-0.25, -0.2) is 24.5 Å². The van der Waals surface area contributed by atoms with Crippen LogP contribution < -0.4 is 10.2 Å². The molecule has 0 fully saturated rings. The van der Waals surface area contributed by atoms with Gasteiger partial charge in [0.25, 0.3) is 0 Å². The number of imidazole rings is 1. The van der Waals surface area contributed by atoms with E-state index >= 15 is 0 Å². The van der Waals surface area contributed by atoms with Crippen LogP contribution in [-0.4, -0.2) is 68.7 Å². The molecule has 0 aromatic carbocycles. The fourth-order valence-corrected chi connectivity index (χ4v) is 4.54. The van der Waals surface area contributed by atoms with Gasteiger partial charge in [0.05, 0.1) is 35.0 Å². The highest BCUT2D eigenvalue weighted by atomic mass is 16.6. The van der Waals surface area contributed by atoms with Gasteiger partial charge in [0.15, 0.2) is 5.82 Å². The van der Waals surface area contributed by atoms with Crippen LogP contribution in [0, 0.1) is 0 Å². The summed E-state index contributed by atoms with van der Waals surface area (Å²) in [6, 6.07) is 7.26. The Morgan fingerprint density at radius 1 is 1.10 bits per heavy atom. The highest BCUT2D eigenvalue weighted by Crippen LogP contribution is 2.33. The molecule has 0 radical (unpaired) electrons. The molecule has 42 heavy (non-hydrogen) atoms. The number of fused-ring (bicyclic) bond motifs is 3. The van der Waals surface area contributed by atoms with Gasteiger partial charge in [0.2, 0.25) is 0 Å². The van der Waals surface area contributed by atoms with Gasteiger partial charge < -0.3 is 29.1 Å². The predicted octanol–water partition coefficient (Wildman–Crippen LogP) is 5.88. The fourth-order valence-electron chi connectivity index (χ4n) is 4.54. The Labute approximate surface area is 245 Å². The number of H-pyrrole nitrogens is 1. The molecule has 0 bridgehead atoms. The summed E-state index contributed by atoms with van der Waals surface area (Å²) in [5.41, 5.74) is 2.77. The van der Waals surface area contributed by atoms with Gasteiger partial charge in [-0.1, -0.05) is 6.07 Å². The maximum Gasteiger partial charge on any atom is 0.415 e. The van der Waals surface area contributed by atoms with Crippen molar-refractivity contribution in [3.05, 3.63) is 36.3 Å². The van der Waals surface area contributed by atoms with Crippen molar-refractivity contribution in [3.63, 3.8) is 0 Å². The van der Waals surface area contributed by atoms with Gasteiger partial charge in [0.1, 0.15) is 22.4 Å². The van der Waals surface area contributed by atoms with Crippen LogP contribution >= 0.6 is 0 Å². The van der Waals surface area contributed by atoms with Crippen LogP contribution in [0.15, 0.2) is 30.6 Å². The summed E-state index contributed by atoms with van der Waals surface area (Å²) in [6.45, 7) is 11.5. The number of amides is 2. The number of aromatic nitrogens is 5. The average Bonchev–Trinajstić information content (AvgIpc) is 3.49. The molecule has 4 rings (SSSR count). The Hall–Kier alpha value is -4.19. The van der Waals surface area contributed by atoms with Crippen LogP contribution in [-0.2, 0) is 21.3 Å². The molecule has 1 atom stereocenters.